The number of hydrogen-bond acceptors (Lipinski definition) is 2. The van der Waals surface area contributed by atoms with Gasteiger partial charge in [0, 0.05) is 11.8 Å². The average molecular weight is 352 g/mol. The zero-order valence-electron chi connectivity index (χ0n) is 13.6. The second-order valence-corrected chi connectivity index (χ2v) is 5.62. The van der Waals surface area contributed by atoms with Crippen LogP contribution in [0.3, 0.4) is 0 Å². The predicted octanol–water partition coefficient (Wildman–Crippen LogP) is 2.35. The summed E-state index contributed by atoms with van der Waals surface area (Å²) in [4.78, 5) is 23.3. The lowest BCUT2D eigenvalue weighted by Crippen LogP contribution is -2.41. The van der Waals surface area contributed by atoms with Gasteiger partial charge in [-0.25, -0.2) is 0 Å². The molecule has 0 spiro atoms. The van der Waals surface area contributed by atoms with E-state index in [-0.39, 0.29) is 6.54 Å². The zero-order chi connectivity index (χ0) is 18.8. The van der Waals surface area contributed by atoms with Gasteiger partial charge in [0.25, 0.3) is 5.91 Å². The molecule has 2 amide bonds. The highest BCUT2D eigenvalue weighted by molar-refractivity contribution is 5.94. The molecule has 0 saturated heterocycles. The maximum absolute atomic E-state index is 13.1. The molecule has 0 bridgehead atoms. The van der Waals surface area contributed by atoms with Crippen molar-refractivity contribution in [3.8, 4) is 0 Å². The van der Waals surface area contributed by atoms with Crippen LogP contribution in [0.2, 0.25) is 0 Å². The molecule has 1 heterocycles. The highest BCUT2D eigenvalue weighted by Crippen LogP contribution is 2.30. The number of nitrogens with one attached hydrogen (secondary N) is 1. The summed E-state index contributed by atoms with van der Waals surface area (Å²) in [6.07, 6.45) is -2.85. The van der Waals surface area contributed by atoms with Crippen molar-refractivity contribution in [3.63, 3.8) is 0 Å². The summed E-state index contributed by atoms with van der Waals surface area (Å²) in [6, 6.07) is 6.43. The lowest BCUT2D eigenvalue weighted by molar-refractivity contribution is -0.685. The van der Waals surface area contributed by atoms with E-state index in [4.69, 9.17) is 5.73 Å². The van der Waals surface area contributed by atoms with E-state index in [1.54, 1.807) is 0 Å². The molecule has 0 saturated carbocycles. The van der Waals surface area contributed by atoms with Gasteiger partial charge >= 0.3 is 6.18 Å². The summed E-state index contributed by atoms with van der Waals surface area (Å²) in [6.45, 7) is 3.30. The normalized spacial score (nSPS) is 11.2. The first-order valence-corrected chi connectivity index (χ1v) is 7.35. The van der Waals surface area contributed by atoms with Crippen LogP contribution >= 0.6 is 0 Å². The largest absolute Gasteiger partial charge is 0.422 e. The van der Waals surface area contributed by atoms with Gasteiger partial charge in [0.15, 0.2) is 12.4 Å². The van der Waals surface area contributed by atoms with E-state index in [1.165, 1.54) is 6.20 Å². The number of halogens is 3. The van der Waals surface area contributed by atoms with E-state index >= 15 is 0 Å². The molecule has 0 aliphatic heterocycles. The fourth-order valence-corrected chi connectivity index (χ4v) is 2.43. The first-order chi connectivity index (χ1) is 11.6. The minimum absolute atomic E-state index is 0.337. The molecular weight excluding hydrogens is 335 g/mol. The van der Waals surface area contributed by atoms with Crippen molar-refractivity contribution in [1.82, 2.24) is 0 Å². The molecule has 0 atom stereocenters. The van der Waals surface area contributed by atoms with Crippen molar-refractivity contribution in [1.29, 1.82) is 0 Å². The van der Waals surface area contributed by atoms with Crippen molar-refractivity contribution in [2.24, 2.45) is 5.73 Å². The number of para-hydroxylation sites is 1. The fraction of sp³-hybridized carbons (Fsp3) is 0.235. The Bertz CT molecular complexity index is 812. The van der Waals surface area contributed by atoms with Gasteiger partial charge in [-0.3, -0.25) is 9.59 Å². The number of hydrogen-bond donors (Lipinski definition) is 2. The molecule has 0 radical (unpaired) electrons. The Morgan fingerprint density at radius 3 is 2.28 bits per heavy atom. The molecule has 1 aromatic heterocycles. The molecule has 1 aromatic carbocycles. The van der Waals surface area contributed by atoms with Crippen molar-refractivity contribution in [2.45, 2.75) is 26.6 Å². The van der Waals surface area contributed by atoms with Crippen LogP contribution in [0.5, 0.6) is 0 Å². The predicted molar refractivity (Wildman–Crippen MR) is 84.7 cm³/mol. The minimum Gasteiger partial charge on any atom is -0.366 e. The van der Waals surface area contributed by atoms with Crippen LogP contribution in [0.1, 0.15) is 27.0 Å². The monoisotopic (exact) mass is 352 g/mol. The number of benzene rings is 1. The Kier molecular flexibility index (Phi) is 5.10. The number of carbonyl (C=O) groups is 2. The van der Waals surface area contributed by atoms with E-state index in [2.05, 4.69) is 5.32 Å². The third-order valence-electron chi connectivity index (χ3n) is 3.66. The fourth-order valence-electron chi connectivity index (χ4n) is 2.43. The molecule has 25 heavy (non-hydrogen) atoms. The number of aryl methyl sites for hydroxylation is 2. The number of primary amides is 1. The van der Waals surface area contributed by atoms with Crippen LogP contribution in [0, 0.1) is 13.8 Å². The standard InChI is InChI=1S/C17H16F3N3O2/c1-10-4-3-5-11(2)15(10)22-14(24)9-23-7-6-12(16(21)25)13(8-23)17(18,19)20/h3-8H,9H2,1-2H3,(H2-,21,22,24,25)/p+1. The van der Waals surface area contributed by atoms with Crippen LogP contribution in [0.15, 0.2) is 36.7 Å². The molecule has 0 unspecified atom stereocenters. The summed E-state index contributed by atoms with van der Waals surface area (Å²) >= 11 is 0. The van der Waals surface area contributed by atoms with Crippen LogP contribution < -0.4 is 15.6 Å². The van der Waals surface area contributed by atoms with Crippen LogP contribution in [0.25, 0.3) is 0 Å². The summed E-state index contributed by atoms with van der Waals surface area (Å²) in [5, 5.41) is 2.69. The molecule has 0 fully saturated rings. The van der Waals surface area contributed by atoms with Crippen LogP contribution in [-0.2, 0) is 17.5 Å². The van der Waals surface area contributed by atoms with E-state index in [1.807, 2.05) is 32.0 Å². The molecule has 0 aliphatic rings. The molecule has 132 valence electrons. The number of aromatic nitrogens is 1. The Hall–Kier alpha value is -2.90. The maximum atomic E-state index is 13.1. The highest BCUT2D eigenvalue weighted by Gasteiger charge is 2.38. The summed E-state index contributed by atoms with van der Waals surface area (Å²) in [5.41, 5.74) is 5.47. The van der Waals surface area contributed by atoms with Gasteiger partial charge in [0.05, 0.1) is 5.56 Å². The quantitative estimate of drug-likeness (QED) is 0.829. The van der Waals surface area contributed by atoms with Gasteiger partial charge in [-0.15, -0.1) is 0 Å². The maximum Gasteiger partial charge on any atom is 0.422 e. The first kappa shape index (κ1) is 18.4. The molecule has 2 rings (SSSR count). The number of amides is 2. The van der Waals surface area contributed by atoms with Crippen LogP contribution in [0.4, 0.5) is 18.9 Å². The number of nitrogens with zero attached hydrogens (tertiary/aromatic N) is 1. The molecule has 0 aliphatic carbocycles. The SMILES string of the molecule is Cc1cccc(C)c1NC(=O)C[n+]1ccc(C(N)=O)c(C(F)(F)F)c1. The summed E-state index contributed by atoms with van der Waals surface area (Å²) < 4.78 is 40.2. The number of pyridine rings is 1. The highest BCUT2D eigenvalue weighted by atomic mass is 19.4. The average Bonchev–Trinajstić information content (AvgIpc) is 2.50. The lowest BCUT2D eigenvalue weighted by Gasteiger charge is -2.11. The van der Waals surface area contributed by atoms with Crippen molar-refractivity contribution in [2.75, 3.05) is 5.32 Å². The zero-order valence-corrected chi connectivity index (χ0v) is 13.6. The summed E-state index contributed by atoms with van der Waals surface area (Å²) in [5.74, 6) is -1.66. The molecule has 5 nitrogen and oxygen atoms in total. The Morgan fingerprint density at radius 2 is 1.76 bits per heavy atom. The molecule has 8 heteroatoms. The lowest BCUT2D eigenvalue weighted by atomic mass is 10.1. The van der Waals surface area contributed by atoms with E-state index < -0.39 is 29.1 Å². The molecule has 3 N–H and O–H groups in total. The molecular formula is C17H17F3N3O2+. The van der Waals surface area contributed by atoms with E-state index in [9.17, 15) is 22.8 Å². The van der Waals surface area contributed by atoms with Gasteiger partial charge in [-0.2, -0.15) is 17.7 Å². The van der Waals surface area contributed by atoms with Crippen LogP contribution in [-0.4, -0.2) is 11.8 Å². The number of carbonyl (C=O) groups excluding carboxylic acids is 2. The Labute approximate surface area is 142 Å². The number of anilines is 1. The topological polar surface area (TPSA) is 76.1 Å². The van der Waals surface area contributed by atoms with Gasteiger partial charge < -0.3 is 11.1 Å². The van der Waals surface area contributed by atoms with Gasteiger partial charge in [0.2, 0.25) is 12.5 Å². The Morgan fingerprint density at radius 1 is 1.16 bits per heavy atom. The number of alkyl halides is 3. The minimum atomic E-state index is -4.75. The molecule has 2 aromatic rings. The summed E-state index contributed by atoms with van der Waals surface area (Å²) in [7, 11) is 0. The second-order valence-electron chi connectivity index (χ2n) is 5.62. The van der Waals surface area contributed by atoms with Crippen molar-refractivity contribution < 1.29 is 27.3 Å². The third-order valence-corrected chi connectivity index (χ3v) is 3.66. The smallest absolute Gasteiger partial charge is 0.366 e. The van der Waals surface area contributed by atoms with Gasteiger partial charge in [0.1, 0.15) is 5.56 Å². The number of nitrogens with two attached hydrogens (primary N) is 1. The van der Waals surface area contributed by atoms with Gasteiger partial charge in [-0.1, -0.05) is 18.2 Å². The van der Waals surface area contributed by atoms with E-state index in [0.29, 0.717) is 11.9 Å². The number of rotatable bonds is 4. The Balaban J connectivity index is 2.25. The van der Waals surface area contributed by atoms with Crippen molar-refractivity contribution in [3.05, 3.63) is 58.9 Å². The first-order valence-electron chi connectivity index (χ1n) is 7.35. The van der Waals surface area contributed by atoms with Crippen molar-refractivity contribution >= 4 is 17.5 Å². The van der Waals surface area contributed by atoms with Gasteiger partial charge in [-0.05, 0) is 25.0 Å². The third kappa shape index (κ3) is 4.34. The van der Waals surface area contributed by atoms with E-state index in [0.717, 1.165) is 21.8 Å². The second kappa shape index (κ2) is 6.92.